The van der Waals surface area contributed by atoms with Crippen LogP contribution in [0.5, 0.6) is 5.75 Å². The number of aliphatic carboxylic acids is 1. The molecule has 0 aliphatic heterocycles. The fourth-order valence-electron chi connectivity index (χ4n) is 3.36. The van der Waals surface area contributed by atoms with Gasteiger partial charge in [-0.25, -0.2) is 9.59 Å². The molecule has 0 radical (unpaired) electrons. The predicted octanol–water partition coefficient (Wildman–Crippen LogP) is 4.48. The van der Waals surface area contributed by atoms with Crippen molar-refractivity contribution < 1.29 is 33.7 Å². The normalized spacial score (nSPS) is 11.9. The molecule has 0 fully saturated rings. The van der Waals surface area contributed by atoms with Crippen LogP contribution in [0.4, 0.5) is 4.79 Å². The number of carboxylic acids is 1. The van der Waals surface area contributed by atoms with Crippen LogP contribution >= 0.6 is 11.6 Å². The van der Waals surface area contributed by atoms with Crippen molar-refractivity contribution in [2.75, 3.05) is 13.7 Å². The number of hydrogen-bond acceptors (Lipinski definition) is 7. The van der Waals surface area contributed by atoms with Crippen molar-refractivity contribution in [1.29, 1.82) is 0 Å². The Labute approximate surface area is 222 Å². The SMILES string of the molecule is COC(=O)Cc1ccc(OCc2ccc(Cl)cc2)c(CNCCCC(NC(=O)OC(C)(C)C)C(=O)O)c1. The van der Waals surface area contributed by atoms with Crippen molar-refractivity contribution in [3.05, 3.63) is 64.2 Å². The summed E-state index contributed by atoms with van der Waals surface area (Å²) in [5.74, 6) is -0.809. The molecular formula is C27H35ClN2O7. The van der Waals surface area contributed by atoms with E-state index in [1.165, 1.54) is 7.11 Å². The van der Waals surface area contributed by atoms with E-state index in [2.05, 4.69) is 10.6 Å². The number of halogens is 1. The molecule has 3 N–H and O–H groups in total. The first-order chi connectivity index (χ1) is 17.5. The summed E-state index contributed by atoms with van der Waals surface area (Å²) in [7, 11) is 1.34. The highest BCUT2D eigenvalue weighted by atomic mass is 35.5. The minimum absolute atomic E-state index is 0.136. The van der Waals surface area contributed by atoms with Crippen LogP contribution in [-0.4, -0.2) is 48.4 Å². The molecule has 202 valence electrons. The summed E-state index contributed by atoms with van der Waals surface area (Å²) in [4.78, 5) is 35.2. The number of rotatable bonds is 13. The molecule has 10 heteroatoms. The van der Waals surface area contributed by atoms with Crippen LogP contribution < -0.4 is 15.4 Å². The molecule has 1 atom stereocenters. The van der Waals surface area contributed by atoms with Crippen LogP contribution in [0.3, 0.4) is 0 Å². The number of alkyl carbamates (subject to hydrolysis) is 1. The molecule has 2 aromatic rings. The molecule has 1 unspecified atom stereocenters. The maximum absolute atomic E-state index is 11.9. The quantitative estimate of drug-likeness (QED) is 0.254. The summed E-state index contributed by atoms with van der Waals surface area (Å²) in [5, 5.41) is 15.8. The molecular weight excluding hydrogens is 500 g/mol. The summed E-state index contributed by atoms with van der Waals surface area (Å²) in [6, 6.07) is 11.8. The smallest absolute Gasteiger partial charge is 0.408 e. The molecule has 0 bridgehead atoms. The first-order valence-corrected chi connectivity index (χ1v) is 12.3. The maximum Gasteiger partial charge on any atom is 0.408 e. The van der Waals surface area contributed by atoms with E-state index >= 15 is 0 Å². The second-order valence-electron chi connectivity index (χ2n) is 9.47. The van der Waals surface area contributed by atoms with Crippen LogP contribution in [0.25, 0.3) is 0 Å². The second-order valence-corrected chi connectivity index (χ2v) is 9.90. The lowest BCUT2D eigenvalue weighted by molar-refractivity contribution is -0.140. The lowest BCUT2D eigenvalue weighted by atomic mass is 10.1. The van der Waals surface area contributed by atoms with Crippen molar-refractivity contribution in [3.8, 4) is 5.75 Å². The summed E-state index contributed by atoms with van der Waals surface area (Å²) in [5.41, 5.74) is 1.87. The average molecular weight is 535 g/mol. The zero-order chi connectivity index (χ0) is 27.4. The Kier molecular flexibility index (Phi) is 11.7. The van der Waals surface area contributed by atoms with E-state index in [0.717, 1.165) is 16.7 Å². The van der Waals surface area contributed by atoms with Gasteiger partial charge in [0.2, 0.25) is 0 Å². The van der Waals surface area contributed by atoms with E-state index in [1.54, 1.807) is 32.9 Å². The van der Waals surface area contributed by atoms with Crippen molar-refractivity contribution in [3.63, 3.8) is 0 Å². The van der Waals surface area contributed by atoms with Gasteiger partial charge in [0.05, 0.1) is 13.5 Å². The highest BCUT2D eigenvalue weighted by Crippen LogP contribution is 2.23. The van der Waals surface area contributed by atoms with Gasteiger partial charge in [0, 0.05) is 17.1 Å². The van der Waals surface area contributed by atoms with Crippen LogP contribution in [-0.2, 0) is 38.6 Å². The zero-order valence-electron chi connectivity index (χ0n) is 21.6. The third kappa shape index (κ3) is 11.5. The Morgan fingerprint density at radius 1 is 1.05 bits per heavy atom. The number of benzene rings is 2. The number of carboxylic acid groups (broad SMARTS) is 1. The number of esters is 1. The molecule has 0 aliphatic rings. The molecule has 0 saturated heterocycles. The van der Waals surface area contributed by atoms with Crippen molar-refractivity contribution >= 4 is 29.6 Å². The van der Waals surface area contributed by atoms with Gasteiger partial charge in [0.15, 0.2) is 0 Å². The van der Waals surface area contributed by atoms with Gasteiger partial charge in [-0.05, 0) is 69.5 Å². The molecule has 0 heterocycles. The van der Waals surface area contributed by atoms with Crippen molar-refractivity contribution in [2.45, 2.75) is 64.8 Å². The fraction of sp³-hybridized carbons (Fsp3) is 0.444. The van der Waals surface area contributed by atoms with Crippen LogP contribution in [0.15, 0.2) is 42.5 Å². The number of nitrogens with one attached hydrogen (secondary N) is 2. The largest absolute Gasteiger partial charge is 0.489 e. The molecule has 1 amide bonds. The Hall–Kier alpha value is -3.30. The maximum atomic E-state index is 11.9. The topological polar surface area (TPSA) is 123 Å². The Morgan fingerprint density at radius 2 is 1.73 bits per heavy atom. The highest BCUT2D eigenvalue weighted by molar-refractivity contribution is 6.30. The van der Waals surface area contributed by atoms with Gasteiger partial charge < -0.3 is 30.0 Å². The summed E-state index contributed by atoms with van der Waals surface area (Å²) in [6.45, 7) is 6.40. The third-order valence-electron chi connectivity index (χ3n) is 5.16. The zero-order valence-corrected chi connectivity index (χ0v) is 22.4. The van der Waals surface area contributed by atoms with Gasteiger partial charge in [-0.2, -0.15) is 0 Å². The van der Waals surface area contributed by atoms with Gasteiger partial charge in [-0.15, -0.1) is 0 Å². The molecule has 2 aromatic carbocycles. The van der Waals surface area contributed by atoms with E-state index in [-0.39, 0.29) is 18.8 Å². The van der Waals surface area contributed by atoms with Crippen LogP contribution in [0, 0.1) is 0 Å². The summed E-state index contributed by atoms with van der Waals surface area (Å²) < 4.78 is 15.9. The van der Waals surface area contributed by atoms with E-state index in [9.17, 15) is 19.5 Å². The first kappa shape index (κ1) is 29.9. The predicted molar refractivity (Wildman–Crippen MR) is 140 cm³/mol. The number of ether oxygens (including phenoxy) is 3. The van der Waals surface area contributed by atoms with Gasteiger partial charge in [0.25, 0.3) is 0 Å². The van der Waals surface area contributed by atoms with Gasteiger partial charge in [-0.1, -0.05) is 35.9 Å². The molecule has 2 rings (SSSR count). The lowest BCUT2D eigenvalue weighted by Crippen LogP contribution is -2.43. The number of carbonyl (C=O) groups excluding carboxylic acids is 2. The lowest BCUT2D eigenvalue weighted by Gasteiger charge is -2.22. The third-order valence-corrected chi connectivity index (χ3v) is 5.41. The minimum atomic E-state index is -1.13. The van der Waals surface area contributed by atoms with E-state index in [4.69, 9.17) is 25.8 Å². The Balaban J connectivity index is 1.96. The molecule has 0 aromatic heterocycles. The standard InChI is InChI=1S/C27H35ClN2O7/c1-27(2,3)37-26(34)30-22(25(32)33)6-5-13-29-16-20-14-19(15-24(31)35-4)9-12-23(20)36-17-18-7-10-21(28)11-8-18/h7-12,14,22,29H,5-6,13,15-17H2,1-4H3,(H,30,34)(H,32,33). The second kappa shape index (κ2) is 14.4. The molecule has 0 saturated carbocycles. The highest BCUT2D eigenvalue weighted by Gasteiger charge is 2.23. The number of methoxy groups -OCH3 is 1. The summed E-state index contributed by atoms with van der Waals surface area (Å²) in [6.07, 6.45) is 0.0922. The number of hydrogen-bond donors (Lipinski definition) is 3. The Morgan fingerprint density at radius 3 is 2.35 bits per heavy atom. The number of amides is 1. The first-order valence-electron chi connectivity index (χ1n) is 12.0. The minimum Gasteiger partial charge on any atom is -0.489 e. The Bertz CT molecular complexity index is 1050. The van der Waals surface area contributed by atoms with Crippen molar-refractivity contribution in [2.24, 2.45) is 0 Å². The van der Waals surface area contributed by atoms with Crippen LogP contribution in [0.1, 0.15) is 50.3 Å². The molecule has 9 nitrogen and oxygen atoms in total. The average Bonchev–Trinajstić information content (AvgIpc) is 2.82. The number of carbonyl (C=O) groups is 3. The molecule has 0 aliphatic carbocycles. The van der Waals surface area contributed by atoms with Gasteiger partial charge in [0.1, 0.15) is 24.0 Å². The van der Waals surface area contributed by atoms with Gasteiger partial charge in [-0.3, -0.25) is 4.79 Å². The van der Waals surface area contributed by atoms with Crippen LogP contribution in [0.2, 0.25) is 5.02 Å². The summed E-state index contributed by atoms with van der Waals surface area (Å²) >= 11 is 5.95. The van der Waals surface area contributed by atoms with E-state index in [0.29, 0.717) is 36.9 Å². The monoisotopic (exact) mass is 534 g/mol. The van der Waals surface area contributed by atoms with Gasteiger partial charge >= 0.3 is 18.0 Å². The van der Waals surface area contributed by atoms with Crippen molar-refractivity contribution in [1.82, 2.24) is 10.6 Å². The van der Waals surface area contributed by atoms with E-state index < -0.39 is 23.7 Å². The molecule has 37 heavy (non-hydrogen) atoms. The fourth-order valence-corrected chi connectivity index (χ4v) is 3.49. The van der Waals surface area contributed by atoms with E-state index in [1.807, 2.05) is 30.3 Å². The molecule has 0 spiro atoms.